The number of piperazine rings is 1. The summed E-state index contributed by atoms with van der Waals surface area (Å²) in [4.78, 5) is 28.9. The van der Waals surface area contributed by atoms with Crippen molar-refractivity contribution in [3.63, 3.8) is 0 Å². The number of rotatable bonds is 3. The van der Waals surface area contributed by atoms with Crippen molar-refractivity contribution in [2.45, 2.75) is 31.7 Å². The van der Waals surface area contributed by atoms with Crippen molar-refractivity contribution in [3.05, 3.63) is 35.6 Å². The highest BCUT2D eigenvalue weighted by atomic mass is 19.1. The van der Waals surface area contributed by atoms with Crippen LogP contribution in [0, 0.1) is 5.82 Å². The van der Waals surface area contributed by atoms with Gasteiger partial charge in [0, 0.05) is 13.1 Å². The highest BCUT2D eigenvalue weighted by molar-refractivity contribution is 5.90. The Morgan fingerprint density at radius 3 is 2.62 bits per heavy atom. The Balaban J connectivity index is 1.75. The fourth-order valence-corrected chi connectivity index (χ4v) is 3.52. The van der Waals surface area contributed by atoms with Crippen LogP contribution in [0.3, 0.4) is 0 Å². The molecule has 2 saturated heterocycles. The maximum Gasteiger partial charge on any atom is 0.247 e. The second kappa shape index (κ2) is 7.75. The number of carbonyl (C=O) groups is 2. The minimum atomic E-state index is -0.742. The molecule has 1 aromatic carbocycles. The fourth-order valence-electron chi connectivity index (χ4n) is 3.52. The average Bonchev–Trinajstić information content (AvgIpc) is 2.83. The molecule has 5 nitrogen and oxygen atoms in total. The molecule has 0 radical (unpaired) electrons. The quantitative estimate of drug-likeness (QED) is 0.916. The number of nitrogens with zero attached hydrogens (tertiary/aromatic N) is 2. The van der Waals surface area contributed by atoms with E-state index in [2.05, 4.69) is 10.2 Å². The molecule has 0 aromatic heterocycles. The fraction of sp³-hybridized carbons (Fsp3) is 0.556. The van der Waals surface area contributed by atoms with Crippen LogP contribution < -0.4 is 5.32 Å². The predicted molar refractivity (Wildman–Crippen MR) is 88.8 cm³/mol. The summed E-state index contributed by atoms with van der Waals surface area (Å²) in [5, 5.41) is 2.78. The Morgan fingerprint density at radius 2 is 1.92 bits per heavy atom. The lowest BCUT2D eigenvalue weighted by atomic mass is 10.0. The summed E-state index contributed by atoms with van der Waals surface area (Å²) in [5.41, 5.74) is 0.524. The van der Waals surface area contributed by atoms with Crippen LogP contribution in [0.2, 0.25) is 0 Å². The third kappa shape index (κ3) is 3.93. The molecule has 6 heteroatoms. The number of amides is 2. The largest absolute Gasteiger partial charge is 0.352 e. The summed E-state index contributed by atoms with van der Waals surface area (Å²) >= 11 is 0. The predicted octanol–water partition coefficient (Wildman–Crippen LogP) is 1.70. The van der Waals surface area contributed by atoms with Crippen molar-refractivity contribution in [1.29, 1.82) is 0 Å². The summed E-state index contributed by atoms with van der Waals surface area (Å²) in [6.45, 7) is 3.09. The smallest absolute Gasteiger partial charge is 0.247 e. The minimum Gasteiger partial charge on any atom is -0.352 e. The van der Waals surface area contributed by atoms with Crippen LogP contribution in [0.25, 0.3) is 0 Å². The van der Waals surface area contributed by atoms with E-state index in [1.807, 2.05) is 0 Å². The van der Waals surface area contributed by atoms with Crippen LogP contribution >= 0.6 is 0 Å². The van der Waals surface area contributed by atoms with Crippen molar-refractivity contribution in [1.82, 2.24) is 15.1 Å². The van der Waals surface area contributed by atoms with Gasteiger partial charge in [-0.05, 0) is 43.6 Å². The number of benzene rings is 1. The molecule has 0 spiro atoms. The SMILES string of the molecule is O=C1NCCN(C(=O)CN2CCCCCC2)[C@H]1c1cccc(F)c1. The molecule has 0 unspecified atom stereocenters. The van der Waals surface area contributed by atoms with Crippen LogP contribution in [-0.4, -0.2) is 54.3 Å². The third-order valence-corrected chi connectivity index (χ3v) is 4.75. The van der Waals surface area contributed by atoms with Gasteiger partial charge in [0.1, 0.15) is 11.9 Å². The molecule has 0 aliphatic carbocycles. The lowest BCUT2D eigenvalue weighted by Crippen LogP contribution is -2.54. The first-order valence-electron chi connectivity index (χ1n) is 8.70. The Bertz CT molecular complexity index is 600. The highest BCUT2D eigenvalue weighted by Gasteiger charge is 2.34. The normalized spacial score (nSPS) is 22.8. The number of hydrogen-bond acceptors (Lipinski definition) is 3. The molecule has 3 rings (SSSR count). The van der Waals surface area contributed by atoms with E-state index in [-0.39, 0.29) is 11.8 Å². The lowest BCUT2D eigenvalue weighted by Gasteiger charge is -2.36. The molecule has 1 aromatic rings. The van der Waals surface area contributed by atoms with Gasteiger partial charge in [-0.25, -0.2) is 4.39 Å². The average molecular weight is 333 g/mol. The van der Waals surface area contributed by atoms with Crippen molar-refractivity contribution in [2.75, 3.05) is 32.7 Å². The van der Waals surface area contributed by atoms with Crippen molar-refractivity contribution in [3.8, 4) is 0 Å². The van der Waals surface area contributed by atoms with E-state index < -0.39 is 11.9 Å². The summed E-state index contributed by atoms with van der Waals surface area (Å²) in [5.74, 6) is -0.692. The van der Waals surface area contributed by atoms with Crippen LogP contribution in [0.1, 0.15) is 37.3 Å². The standard InChI is InChI=1S/C18H24FN3O2/c19-15-7-5-6-14(12-15)17-18(24)20-8-11-22(17)16(23)13-21-9-3-1-2-4-10-21/h5-7,12,17H,1-4,8-11,13H2,(H,20,24)/t17-/m0/s1. The Morgan fingerprint density at radius 1 is 1.17 bits per heavy atom. The second-order valence-electron chi connectivity index (χ2n) is 6.53. The Kier molecular flexibility index (Phi) is 5.45. The Hall–Kier alpha value is -1.95. The Labute approximate surface area is 141 Å². The molecule has 1 N–H and O–H groups in total. The van der Waals surface area contributed by atoms with Crippen LogP contribution in [0.15, 0.2) is 24.3 Å². The number of halogens is 1. The number of nitrogens with one attached hydrogen (secondary N) is 1. The molecule has 130 valence electrons. The van der Waals surface area contributed by atoms with E-state index in [0.717, 1.165) is 25.9 Å². The lowest BCUT2D eigenvalue weighted by molar-refractivity contribution is -0.144. The molecule has 2 aliphatic rings. The molecule has 2 amide bonds. The molecular formula is C18H24FN3O2. The third-order valence-electron chi connectivity index (χ3n) is 4.75. The number of likely N-dealkylation sites (tertiary alicyclic amines) is 1. The van der Waals surface area contributed by atoms with Gasteiger partial charge in [-0.2, -0.15) is 0 Å². The highest BCUT2D eigenvalue weighted by Crippen LogP contribution is 2.24. The van der Waals surface area contributed by atoms with E-state index >= 15 is 0 Å². The van der Waals surface area contributed by atoms with Crippen molar-refractivity contribution < 1.29 is 14.0 Å². The summed E-state index contributed by atoms with van der Waals surface area (Å²) in [7, 11) is 0. The van der Waals surface area contributed by atoms with Crippen LogP contribution in [0.4, 0.5) is 4.39 Å². The molecule has 1 atom stereocenters. The van der Waals surface area contributed by atoms with E-state index in [1.165, 1.54) is 25.0 Å². The summed E-state index contributed by atoms with van der Waals surface area (Å²) in [6, 6.07) is 5.21. The van der Waals surface area contributed by atoms with Gasteiger partial charge in [-0.15, -0.1) is 0 Å². The zero-order chi connectivity index (χ0) is 16.9. The first-order valence-corrected chi connectivity index (χ1v) is 8.70. The van der Waals surface area contributed by atoms with E-state index in [4.69, 9.17) is 0 Å². The van der Waals surface area contributed by atoms with Gasteiger partial charge in [0.25, 0.3) is 0 Å². The molecule has 2 aliphatic heterocycles. The molecule has 2 fully saturated rings. The van der Waals surface area contributed by atoms with Gasteiger partial charge in [-0.3, -0.25) is 14.5 Å². The molecule has 0 saturated carbocycles. The van der Waals surface area contributed by atoms with Crippen molar-refractivity contribution in [2.24, 2.45) is 0 Å². The van der Waals surface area contributed by atoms with Gasteiger partial charge in [0.15, 0.2) is 0 Å². The molecule has 24 heavy (non-hydrogen) atoms. The maximum absolute atomic E-state index is 13.6. The van der Waals surface area contributed by atoms with Gasteiger partial charge >= 0.3 is 0 Å². The van der Waals surface area contributed by atoms with Gasteiger partial charge < -0.3 is 10.2 Å². The van der Waals surface area contributed by atoms with Gasteiger partial charge in [0.05, 0.1) is 6.54 Å². The zero-order valence-electron chi connectivity index (χ0n) is 13.8. The molecule has 0 bridgehead atoms. The number of carbonyl (C=O) groups excluding carboxylic acids is 2. The summed E-state index contributed by atoms with van der Waals surface area (Å²) in [6.07, 6.45) is 4.65. The van der Waals surface area contributed by atoms with Crippen LogP contribution in [-0.2, 0) is 9.59 Å². The van der Waals surface area contributed by atoms with Crippen molar-refractivity contribution >= 4 is 11.8 Å². The van der Waals surface area contributed by atoms with Crippen LogP contribution in [0.5, 0.6) is 0 Å². The first kappa shape index (κ1) is 16.9. The first-order chi connectivity index (χ1) is 11.6. The van der Waals surface area contributed by atoms with E-state index in [1.54, 1.807) is 17.0 Å². The van der Waals surface area contributed by atoms with Gasteiger partial charge in [0.2, 0.25) is 11.8 Å². The zero-order valence-corrected chi connectivity index (χ0v) is 13.8. The van der Waals surface area contributed by atoms with E-state index in [9.17, 15) is 14.0 Å². The maximum atomic E-state index is 13.6. The summed E-state index contributed by atoms with van der Waals surface area (Å²) < 4.78 is 13.6. The minimum absolute atomic E-state index is 0.0546. The molecular weight excluding hydrogens is 309 g/mol. The monoisotopic (exact) mass is 333 g/mol. The second-order valence-corrected chi connectivity index (χ2v) is 6.53. The van der Waals surface area contributed by atoms with Gasteiger partial charge in [-0.1, -0.05) is 25.0 Å². The van der Waals surface area contributed by atoms with E-state index in [0.29, 0.717) is 25.2 Å². The topological polar surface area (TPSA) is 52.7 Å². The molecule has 2 heterocycles. The number of hydrogen-bond donors (Lipinski definition) is 1.